The van der Waals surface area contributed by atoms with Gasteiger partial charge >= 0.3 is 6.09 Å². The molecule has 1 aliphatic heterocycles. The highest BCUT2D eigenvalue weighted by molar-refractivity contribution is 6.06. The molecule has 0 radical (unpaired) electrons. The number of carbonyl (C=O) groups is 2. The molecule has 1 fully saturated rings. The van der Waals surface area contributed by atoms with Gasteiger partial charge in [-0.05, 0) is 88.9 Å². The average Bonchev–Trinajstić information content (AvgIpc) is 3.24. The van der Waals surface area contributed by atoms with Gasteiger partial charge in [0.1, 0.15) is 17.2 Å². The average molecular weight is 579 g/mol. The molecule has 1 aliphatic rings. The van der Waals surface area contributed by atoms with E-state index in [1.54, 1.807) is 32.9 Å². The molecule has 2 heterocycles. The van der Waals surface area contributed by atoms with Crippen molar-refractivity contribution in [1.82, 2.24) is 14.7 Å². The monoisotopic (exact) mass is 578 g/mol. The van der Waals surface area contributed by atoms with Crippen LogP contribution in [0.2, 0.25) is 0 Å². The Bertz CT molecular complexity index is 1510. The van der Waals surface area contributed by atoms with E-state index in [4.69, 9.17) is 10.5 Å². The quantitative estimate of drug-likeness (QED) is 0.360. The number of nitrogen functional groups attached to an aromatic ring is 1. The molecule has 9 nitrogen and oxygen atoms in total. The van der Waals surface area contributed by atoms with Gasteiger partial charge in [0, 0.05) is 54.2 Å². The van der Waals surface area contributed by atoms with Crippen LogP contribution in [0.4, 0.5) is 30.8 Å². The molecular formula is C31H36F2N6O3. The minimum absolute atomic E-state index is 0.0143. The molecule has 11 heteroatoms. The highest BCUT2D eigenvalue weighted by Gasteiger charge is 2.26. The highest BCUT2D eigenvalue weighted by Crippen LogP contribution is 2.31. The van der Waals surface area contributed by atoms with Crippen LogP contribution < -0.4 is 16.0 Å². The van der Waals surface area contributed by atoms with Gasteiger partial charge in [-0.1, -0.05) is 6.58 Å². The second-order valence-electron chi connectivity index (χ2n) is 11.2. The van der Waals surface area contributed by atoms with E-state index in [0.29, 0.717) is 5.56 Å². The number of aromatic nitrogens is 2. The Morgan fingerprint density at radius 3 is 2.21 bits per heavy atom. The summed E-state index contributed by atoms with van der Waals surface area (Å²) >= 11 is 0. The Morgan fingerprint density at radius 2 is 1.67 bits per heavy atom. The van der Waals surface area contributed by atoms with Crippen LogP contribution in [-0.2, 0) is 4.74 Å². The van der Waals surface area contributed by atoms with Gasteiger partial charge in [0.25, 0.3) is 5.91 Å². The number of anilines is 3. The van der Waals surface area contributed by atoms with Crippen molar-refractivity contribution >= 4 is 46.9 Å². The van der Waals surface area contributed by atoms with E-state index in [2.05, 4.69) is 33.8 Å². The smallest absolute Gasteiger partial charge is 0.435 e. The lowest BCUT2D eigenvalue weighted by molar-refractivity contribution is 0.0513. The van der Waals surface area contributed by atoms with Crippen LogP contribution in [0.3, 0.4) is 0 Å². The molecule has 0 spiro atoms. The van der Waals surface area contributed by atoms with Gasteiger partial charge in [0.05, 0.1) is 5.69 Å². The maximum Gasteiger partial charge on any atom is 0.435 e. The molecule has 1 amide bonds. The van der Waals surface area contributed by atoms with Crippen LogP contribution in [0.25, 0.3) is 17.7 Å². The molecule has 1 saturated heterocycles. The second kappa shape index (κ2) is 12.2. The Hall–Kier alpha value is -4.51. The molecule has 42 heavy (non-hydrogen) atoms. The molecule has 222 valence electrons. The number of carbonyl (C=O) groups excluding carboxylic acids is 2. The fraction of sp³-hybridized carbons (Fsp3) is 0.323. The van der Waals surface area contributed by atoms with Crippen molar-refractivity contribution < 1.29 is 23.1 Å². The molecule has 2 aromatic carbocycles. The number of benzene rings is 2. The lowest BCUT2D eigenvalue weighted by atomic mass is 10.0. The van der Waals surface area contributed by atoms with Crippen LogP contribution in [0.5, 0.6) is 0 Å². The highest BCUT2D eigenvalue weighted by atomic mass is 19.1. The summed E-state index contributed by atoms with van der Waals surface area (Å²) in [4.78, 5) is 30.9. The van der Waals surface area contributed by atoms with E-state index in [1.807, 2.05) is 12.1 Å². The maximum absolute atomic E-state index is 14.7. The fourth-order valence-corrected chi connectivity index (χ4v) is 4.64. The molecule has 0 saturated carbocycles. The van der Waals surface area contributed by atoms with Gasteiger partial charge < -0.3 is 25.6 Å². The van der Waals surface area contributed by atoms with Gasteiger partial charge in [-0.3, -0.25) is 4.79 Å². The first kappa shape index (κ1) is 30.4. The van der Waals surface area contributed by atoms with Crippen molar-refractivity contribution in [2.75, 3.05) is 49.2 Å². The van der Waals surface area contributed by atoms with Crippen molar-refractivity contribution in [3.8, 4) is 0 Å². The number of hydrogen-bond acceptors (Lipinski definition) is 7. The first-order valence-corrected chi connectivity index (χ1v) is 13.5. The van der Waals surface area contributed by atoms with Crippen LogP contribution in [-0.4, -0.2) is 65.5 Å². The fourth-order valence-electron chi connectivity index (χ4n) is 4.64. The summed E-state index contributed by atoms with van der Waals surface area (Å²) in [6, 6.07) is 9.22. The lowest BCUT2D eigenvalue weighted by Crippen LogP contribution is -2.44. The Kier molecular flexibility index (Phi) is 8.81. The summed E-state index contributed by atoms with van der Waals surface area (Å²) in [5.41, 5.74) is 6.30. The Labute approximate surface area is 244 Å². The molecule has 1 aromatic heterocycles. The van der Waals surface area contributed by atoms with E-state index >= 15 is 0 Å². The summed E-state index contributed by atoms with van der Waals surface area (Å²) in [5, 5.41) is 7.05. The summed E-state index contributed by atoms with van der Waals surface area (Å²) in [6.45, 7) is 14.1. The molecule has 3 aromatic rings. The van der Waals surface area contributed by atoms with Gasteiger partial charge in [-0.25, -0.2) is 13.6 Å². The van der Waals surface area contributed by atoms with Crippen LogP contribution in [0.15, 0.2) is 43.0 Å². The van der Waals surface area contributed by atoms with Crippen molar-refractivity contribution in [2.45, 2.75) is 33.3 Å². The minimum Gasteiger partial charge on any atom is -0.442 e. The largest absolute Gasteiger partial charge is 0.442 e. The predicted molar refractivity (Wildman–Crippen MR) is 162 cm³/mol. The molecule has 0 bridgehead atoms. The van der Waals surface area contributed by atoms with E-state index in [1.165, 1.54) is 19.1 Å². The Balaban J connectivity index is 1.71. The zero-order valence-electron chi connectivity index (χ0n) is 24.5. The second-order valence-corrected chi connectivity index (χ2v) is 11.2. The third-order valence-corrected chi connectivity index (χ3v) is 6.77. The first-order valence-electron chi connectivity index (χ1n) is 13.5. The van der Waals surface area contributed by atoms with Crippen LogP contribution in [0.1, 0.15) is 54.9 Å². The molecule has 4 rings (SSSR count). The number of piperazine rings is 1. The van der Waals surface area contributed by atoms with Gasteiger partial charge in [0.15, 0.2) is 5.82 Å². The van der Waals surface area contributed by atoms with E-state index in [-0.39, 0.29) is 33.9 Å². The van der Waals surface area contributed by atoms with Gasteiger partial charge in [0.2, 0.25) is 0 Å². The molecule has 0 atom stereocenters. The van der Waals surface area contributed by atoms with E-state index < -0.39 is 29.2 Å². The van der Waals surface area contributed by atoms with E-state index in [9.17, 15) is 18.4 Å². The van der Waals surface area contributed by atoms with Gasteiger partial charge in [-0.15, -0.1) is 5.10 Å². The van der Waals surface area contributed by atoms with Crippen LogP contribution >= 0.6 is 0 Å². The van der Waals surface area contributed by atoms with Crippen molar-refractivity contribution in [3.63, 3.8) is 0 Å². The van der Waals surface area contributed by atoms with Crippen LogP contribution in [0, 0.1) is 11.6 Å². The standard InChI is InChI=1S/C31H36F2N6O3/c1-7-26-23(16-19(2)27-24(32)17-21(34)18-25(27)33)28(36-39(26)30(41)42-31(3,4)5)35-29(40)20-8-10-22(11-9-20)38-14-12-37(6)13-15-38/h7-11,16-18H,1,12-15,34H2,2-6H3,(H,35,36,40)/b19-16+. The number of halogens is 2. The number of rotatable bonds is 6. The third-order valence-electron chi connectivity index (χ3n) is 6.77. The lowest BCUT2D eigenvalue weighted by Gasteiger charge is -2.34. The zero-order chi connectivity index (χ0) is 30.8. The first-order chi connectivity index (χ1) is 19.8. The number of nitrogens with one attached hydrogen (secondary N) is 1. The predicted octanol–water partition coefficient (Wildman–Crippen LogP) is 5.73. The normalized spacial score (nSPS) is 14.5. The molecule has 0 aliphatic carbocycles. The minimum atomic E-state index is -0.855. The number of allylic oxidation sites excluding steroid dienone is 1. The summed E-state index contributed by atoms with van der Waals surface area (Å²) in [6.07, 6.45) is 1.97. The van der Waals surface area contributed by atoms with Crippen molar-refractivity contribution in [2.24, 2.45) is 0 Å². The Morgan fingerprint density at radius 1 is 1.07 bits per heavy atom. The number of hydrogen-bond donors (Lipinski definition) is 2. The zero-order valence-corrected chi connectivity index (χ0v) is 24.5. The van der Waals surface area contributed by atoms with Crippen molar-refractivity contribution in [3.05, 3.63) is 77.0 Å². The number of likely N-dealkylation sites (N-methyl/N-ethyl adjacent to an activating group) is 1. The summed E-state index contributed by atoms with van der Waals surface area (Å²) < 4.78 is 35.9. The molecular weight excluding hydrogens is 542 g/mol. The van der Waals surface area contributed by atoms with Gasteiger partial charge in [-0.2, -0.15) is 4.68 Å². The molecule has 0 unspecified atom stereocenters. The number of amides is 1. The number of nitrogens with zero attached hydrogens (tertiary/aromatic N) is 4. The topological polar surface area (TPSA) is 106 Å². The summed E-state index contributed by atoms with van der Waals surface area (Å²) in [7, 11) is 2.08. The number of ether oxygens (including phenoxy) is 1. The summed E-state index contributed by atoms with van der Waals surface area (Å²) in [5.74, 6) is -2.21. The molecule has 3 N–H and O–H groups in total. The maximum atomic E-state index is 14.7. The number of nitrogens with two attached hydrogens (primary N) is 1. The van der Waals surface area contributed by atoms with Crippen molar-refractivity contribution in [1.29, 1.82) is 0 Å². The SMILES string of the molecule is C=Cc1c(/C=C(\C)c2c(F)cc(N)cc2F)c(NC(=O)c2ccc(N3CCN(C)CC3)cc2)nn1C(=O)OC(C)(C)C. The third kappa shape index (κ3) is 6.85. The van der Waals surface area contributed by atoms with E-state index in [0.717, 1.165) is 48.7 Å².